The second-order valence-electron chi connectivity index (χ2n) is 5.77. The molecule has 0 saturated heterocycles. The molecule has 0 amide bonds. The molecule has 0 fully saturated rings. The zero-order valence-electron chi connectivity index (χ0n) is 17.2. The van der Waals surface area contributed by atoms with Crippen LogP contribution in [-0.4, -0.2) is 43.1 Å². The summed E-state index contributed by atoms with van der Waals surface area (Å²) < 4.78 is 5.79. The smallest absolute Gasteiger partial charge is 0.226 e. The van der Waals surface area contributed by atoms with Gasteiger partial charge < -0.3 is 25.7 Å². The molecule has 1 aliphatic rings. The second-order valence-corrected chi connectivity index (χ2v) is 5.77. The Morgan fingerprint density at radius 3 is 2.63 bits per heavy atom. The molecule has 27 heavy (non-hydrogen) atoms. The number of ether oxygens (including phenoxy) is 1. The third kappa shape index (κ3) is 8.75. The van der Waals surface area contributed by atoms with Gasteiger partial charge in [-0.25, -0.2) is 4.99 Å². The minimum absolute atomic E-state index is 0. The first-order valence-electron chi connectivity index (χ1n) is 9.50. The topological polar surface area (TPSA) is 80.4 Å². The van der Waals surface area contributed by atoms with Crippen molar-refractivity contribution in [1.82, 2.24) is 15.5 Å². The number of nitrogens with one attached hydrogen (secondary N) is 2. The molecule has 0 aromatic heterocycles. The van der Waals surface area contributed by atoms with Crippen LogP contribution in [0.5, 0.6) is 0 Å². The Labute approximate surface area is 164 Å². The van der Waals surface area contributed by atoms with Gasteiger partial charge in [-0.3, -0.25) is 0 Å². The molecule has 1 atom stereocenters. The van der Waals surface area contributed by atoms with Crippen molar-refractivity contribution < 1.29 is 10.2 Å². The van der Waals surface area contributed by atoms with E-state index < -0.39 is 0 Å². The van der Waals surface area contributed by atoms with Crippen LogP contribution in [0.3, 0.4) is 0 Å². The van der Waals surface area contributed by atoms with Gasteiger partial charge in [0.05, 0.1) is 18.5 Å². The molecule has 152 valence electrons. The lowest BCUT2D eigenvalue weighted by atomic mass is 10.2. The van der Waals surface area contributed by atoms with E-state index in [0.717, 1.165) is 30.9 Å². The lowest BCUT2D eigenvalue weighted by Crippen LogP contribution is -2.42. The summed E-state index contributed by atoms with van der Waals surface area (Å²) in [5, 5.41) is 6.71. The van der Waals surface area contributed by atoms with Gasteiger partial charge in [-0.1, -0.05) is 63.6 Å². The molecule has 6 heteroatoms. The van der Waals surface area contributed by atoms with E-state index in [1.54, 1.807) is 0 Å². The average molecular weight is 377 g/mol. The van der Waals surface area contributed by atoms with Crippen molar-refractivity contribution in [2.45, 2.75) is 46.5 Å². The van der Waals surface area contributed by atoms with Crippen LogP contribution in [0, 0.1) is 0 Å². The summed E-state index contributed by atoms with van der Waals surface area (Å²) in [5.74, 6) is 0.984. The quantitative estimate of drug-likeness (QED) is 0.486. The molecule has 2 rings (SSSR count). The van der Waals surface area contributed by atoms with E-state index in [9.17, 15) is 0 Å². The van der Waals surface area contributed by atoms with Crippen molar-refractivity contribution in [2.75, 3.05) is 20.2 Å². The fourth-order valence-corrected chi connectivity index (χ4v) is 2.42. The van der Waals surface area contributed by atoms with Crippen molar-refractivity contribution in [1.29, 1.82) is 0 Å². The highest BCUT2D eigenvalue weighted by molar-refractivity contribution is 5.79. The Balaban J connectivity index is 0.00000218. The molecule has 6 nitrogen and oxygen atoms in total. The number of benzene rings is 1. The molecule has 1 unspecified atom stereocenters. The van der Waals surface area contributed by atoms with Gasteiger partial charge in [0.1, 0.15) is 5.82 Å². The zero-order chi connectivity index (χ0) is 19.2. The van der Waals surface area contributed by atoms with Crippen molar-refractivity contribution in [2.24, 2.45) is 4.99 Å². The first-order chi connectivity index (χ1) is 12.7. The van der Waals surface area contributed by atoms with E-state index in [1.165, 1.54) is 5.56 Å². The normalized spacial score (nSPS) is 15.0. The predicted molar refractivity (Wildman–Crippen MR) is 114 cm³/mol. The standard InChI is InChI=1S/C19H28N4O.C2H6.H2O/c1-4-6-13-24-19-21-14-17(20-12-5-2)18(22-19)23(3)15-16-10-8-7-9-11-16;1-2;/h5,7-11,14,19-20,22H,2,4,6,12-13,15H2,1,3H3;1-2H3;1H2. The Hall–Kier alpha value is -2.31. The third-order valence-corrected chi connectivity index (χ3v) is 3.71. The van der Waals surface area contributed by atoms with Gasteiger partial charge in [-0.05, 0) is 12.0 Å². The van der Waals surface area contributed by atoms with Crippen molar-refractivity contribution >= 4 is 6.21 Å². The van der Waals surface area contributed by atoms with Crippen LogP contribution in [0.25, 0.3) is 0 Å². The highest BCUT2D eigenvalue weighted by Gasteiger charge is 2.19. The number of allylic oxidation sites excluding steroid dienone is 1. The zero-order valence-corrected chi connectivity index (χ0v) is 17.2. The number of nitrogens with zero attached hydrogens (tertiary/aromatic N) is 2. The van der Waals surface area contributed by atoms with Gasteiger partial charge >= 0.3 is 0 Å². The van der Waals surface area contributed by atoms with Gasteiger partial charge in [-0.2, -0.15) is 0 Å². The highest BCUT2D eigenvalue weighted by atomic mass is 16.5. The molecule has 0 bridgehead atoms. The third-order valence-electron chi connectivity index (χ3n) is 3.71. The number of rotatable bonds is 10. The van der Waals surface area contributed by atoms with Gasteiger partial charge in [0.15, 0.2) is 0 Å². The largest absolute Gasteiger partial charge is 0.412 e. The molecule has 4 N–H and O–H groups in total. The summed E-state index contributed by atoms with van der Waals surface area (Å²) in [7, 11) is 2.06. The molecular weight excluding hydrogens is 340 g/mol. The number of hydrogen-bond acceptors (Lipinski definition) is 5. The summed E-state index contributed by atoms with van der Waals surface area (Å²) in [4.78, 5) is 6.60. The molecule has 0 radical (unpaired) electrons. The monoisotopic (exact) mass is 376 g/mol. The first-order valence-corrected chi connectivity index (χ1v) is 9.50. The number of hydrogen-bond donors (Lipinski definition) is 2. The van der Waals surface area contributed by atoms with Gasteiger partial charge in [0.2, 0.25) is 6.35 Å². The number of unbranched alkanes of at least 4 members (excludes halogenated alkanes) is 1. The molecule has 0 saturated carbocycles. The van der Waals surface area contributed by atoms with Crippen LogP contribution in [0.2, 0.25) is 0 Å². The Bertz CT molecular complexity index is 573. The molecule has 1 aliphatic heterocycles. The predicted octanol–water partition coefficient (Wildman–Crippen LogP) is 3.04. The molecule has 1 aromatic carbocycles. The average Bonchev–Trinajstić information content (AvgIpc) is 2.69. The number of aliphatic imine (C=N–C) groups is 1. The Kier molecular flexibility index (Phi) is 13.5. The Morgan fingerprint density at radius 2 is 2.00 bits per heavy atom. The van der Waals surface area contributed by atoms with Crippen LogP contribution in [-0.2, 0) is 11.3 Å². The van der Waals surface area contributed by atoms with Crippen molar-refractivity contribution in [3.05, 3.63) is 60.1 Å². The summed E-state index contributed by atoms with van der Waals surface area (Å²) in [6.45, 7) is 12.1. The van der Waals surface area contributed by atoms with E-state index in [0.29, 0.717) is 13.2 Å². The van der Waals surface area contributed by atoms with Crippen LogP contribution < -0.4 is 10.6 Å². The maximum absolute atomic E-state index is 5.79. The fraction of sp³-hybridized carbons (Fsp3) is 0.476. The minimum atomic E-state index is -0.334. The SMILES string of the molecule is C=CCNC1=C(N(C)Cc2ccccc2)NC(OCCCC)N=C1.CC.O. The van der Waals surface area contributed by atoms with E-state index in [-0.39, 0.29) is 11.8 Å². The summed E-state index contributed by atoms with van der Waals surface area (Å²) in [6, 6.07) is 10.4. The summed E-state index contributed by atoms with van der Waals surface area (Å²) in [6.07, 6.45) is 5.49. The molecule has 0 spiro atoms. The Morgan fingerprint density at radius 1 is 1.30 bits per heavy atom. The van der Waals surface area contributed by atoms with Crippen molar-refractivity contribution in [3.63, 3.8) is 0 Å². The van der Waals surface area contributed by atoms with E-state index >= 15 is 0 Å². The highest BCUT2D eigenvalue weighted by Crippen LogP contribution is 2.14. The van der Waals surface area contributed by atoms with Crippen molar-refractivity contribution in [3.8, 4) is 0 Å². The van der Waals surface area contributed by atoms with Gasteiger partial charge in [-0.15, -0.1) is 6.58 Å². The molecule has 1 heterocycles. The molecule has 1 aromatic rings. The lowest BCUT2D eigenvalue weighted by molar-refractivity contribution is 0.0337. The lowest BCUT2D eigenvalue weighted by Gasteiger charge is -2.31. The van der Waals surface area contributed by atoms with Crippen LogP contribution >= 0.6 is 0 Å². The molecule has 0 aliphatic carbocycles. The van der Waals surface area contributed by atoms with Gasteiger partial charge in [0.25, 0.3) is 0 Å². The van der Waals surface area contributed by atoms with Crippen LogP contribution in [0.4, 0.5) is 0 Å². The molecular formula is C21H36N4O2. The van der Waals surface area contributed by atoms with E-state index in [2.05, 4.69) is 65.3 Å². The minimum Gasteiger partial charge on any atom is -0.412 e. The maximum atomic E-state index is 5.79. The van der Waals surface area contributed by atoms with Crippen LogP contribution in [0.15, 0.2) is 59.5 Å². The van der Waals surface area contributed by atoms with E-state index in [4.69, 9.17) is 4.74 Å². The van der Waals surface area contributed by atoms with E-state index in [1.807, 2.05) is 32.2 Å². The van der Waals surface area contributed by atoms with Gasteiger partial charge in [0, 0.05) is 20.1 Å². The summed E-state index contributed by atoms with van der Waals surface area (Å²) >= 11 is 0. The second kappa shape index (κ2) is 14.8. The van der Waals surface area contributed by atoms with Crippen LogP contribution in [0.1, 0.15) is 39.2 Å². The summed E-state index contributed by atoms with van der Waals surface area (Å²) in [5.41, 5.74) is 2.20. The first kappa shape index (κ1) is 24.7. The fourth-order valence-electron chi connectivity index (χ4n) is 2.42. The maximum Gasteiger partial charge on any atom is 0.226 e.